The number of anilines is 1. The number of halogens is 3. The van der Waals surface area contributed by atoms with E-state index in [1.807, 2.05) is 0 Å². The highest BCUT2D eigenvalue weighted by atomic mass is 19.2. The fraction of sp³-hybridized carbons (Fsp3) is 0.333. The number of aromatic nitrogens is 1. The van der Waals surface area contributed by atoms with Crippen molar-refractivity contribution in [1.82, 2.24) is 4.98 Å². The van der Waals surface area contributed by atoms with Crippen LogP contribution in [0.1, 0.15) is 17.3 Å². The molecule has 3 rings (SSSR count). The monoisotopic (exact) mass is 382 g/mol. The van der Waals surface area contributed by atoms with Gasteiger partial charge in [0, 0.05) is 13.1 Å². The topological polar surface area (TPSA) is 60.9 Å². The lowest BCUT2D eigenvalue weighted by Crippen LogP contribution is -2.37. The van der Waals surface area contributed by atoms with E-state index < -0.39 is 29.3 Å². The predicted octanol–water partition coefficient (Wildman–Crippen LogP) is 3.30. The minimum atomic E-state index is -1.58. The van der Waals surface area contributed by atoms with Crippen molar-refractivity contribution < 1.29 is 32.2 Å². The van der Waals surface area contributed by atoms with Gasteiger partial charge in [0.25, 0.3) is 5.95 Å². The third-order valence-corrected chi connectivity index (χ3v) is 3.89. The number of ether oxygens (including phenoxy) is 3. The van der Waals surface area contributed by atoms with Crippen LogP contribution in [-0.4, -0.2) is 43.9 Å². The Morgan fingerprint density at radius 1 is 1.19 bits per heavy atom. The van der Waals surface area contributed by atoms with Gasteiger partial charge < -0.3 is 19.1 Å². The predicted molar refractivity (Wildman–Crippen MR) is 89.6 cm³/mol. The van der Waals surface area contributed by atoms with Crippen LogP contribution < -0.4 is 9.64 Å². The Labute approximate surface area is 153 Å². The van der Waals surface area contributed by atoms with Crippen LogP contribution in [0.2, 0.25) is 0 Å². The molecule has 1 aliphatic heterocycles. The van der Waals surface area contributed by atoms with Crippen LogP contribution >= 0.6 is 0 Å². The summed E-state index contributed by atoms with van der Waals surface area (Å²) in [6.45, 7) is 2.89. The molecule has 1 fully saturated rings. The van der Waals surface area contributed by atoms with Gasteiger partial charge in [0.05, 0.1) is 19.8 Å². The molecule has 27 heavy (non-hydrogen) atoms. The van der Waals surface area contributed by atoms with Crippen LogP contribution in [0.3, 0.4) is 0 Å². The van der Waals surface area contributed by atoms with Crippen LogP contribution in [0.25, 0.3) is 0 Å². The number of nitrogens with zero attached hydrogens (tertiary/aromatic N) is 2. The maximum Gasteiger partial charge on any atom is 0.341 e. The summed E-state index contributed by atoms with van der Waals surface area (Å²) in [4.78, 5) is 16.8. The van der Waals surface area contributed by atoms with Crippen LogP contribution in [0, 0.1) is 17.6 Å². The zero-order valence-electron chi connectivity index (χ0n) is 14.5. The minimum absolute atomic E-state index is 0.0386. The molecule has 0 unspecified atom stereocenters. The van der Waals surface area contributed by atoms with Crippen molar-refractivity contribution in [2.45, 2.75) is 6.92 Å². The van der Waals surface area contributed by atoms with Crippen molar-refractivity contribution in [1.29, 1.82) is 0 Å². The van der Waals surface area contributed by atoms with Crippen LogP contribution in [-0.2, 0) is 9.47 Å². The highest BCUT2D eigenvalue weighted by Crippen LogP contribution is 2.35. The van der Waals surface area contributed by atoms with E-state index in [0.29, 0.717) is 13.2 Å². The molecule has 1 aromatic heterocycles. The van der Waals surface area contributed by atoms with E-state index in [1.165, 1.54) is 29.2 Å². The van der Waals surface area contributed by atoms with E-state index in [-0.39, 0.29) is 36.8 Å². The number of carbonyl (C=O) groups excluding carboxylic acids is 1. The van der Waals surface area contributed by atoms with Crippen molar-refractivity contribution in [2.24, 2.45) is 0 Å². The van der Waals surface area contributed by atoms with Crippen molar-refractivity contribution in [2.75, 3.05) is 37.8 Å². The molecule has 0 bridgehead atoms. The molecule has 1 aromatic carbocycles. The normalized spacial score (nSPS) is 14.1. The van der Waals surface area contributed by atoms with E-state index in [0.717, 1.165) is 0 Å². The van der Waals surface area contributed by atoms with Crippen LogP contribution in [0.4, 0.5) is 19.0 Å². The first-order valence-corrected chi connectivity index (χ1v) is 8.34. The summed E-state index contributed by atoms with van der Waals surface area (Å²) in [6.07, 6.45) is 0. The highest BCUT2D eigenvalue weighted by Gasteiger charge is 2.28. The minimum Gasteiger partial charge on any atom is -0.462 e. The number of hydrogen-bond acceptors (Lipinski definition) is 6. The lowest BCUT2D eigenvalue weighted by molar-refractivity contribution is 0.0523. The fourth-order valence-corrected chi connectivity index (χ4v) is 2.60. The average Bonchev–Trinajstić information content (AvgIpc) is 2.69. The number of benzene rings is 1. The standard InChI is InChI=1S/C18H17F3N2O4/c1-2-26-18(24)11-5-3-4-6-12(11)27-15-13(19)16(21)22-17(14(15)20)23-7-9-25-10-8-23/h3-6H,2,7-10H2,1H3. The maximum atomic E-state index is 14.9. The van der Waals surface area contributed by atoms with E-state index in [2.05, 4.69) is 4.98 Å². The van der Waals surface area contributed by atoms with E-state index in [1.54, 1.807) is 6.92 Å². The number of morpholine rings is 1. The summed E-state index contributed by atoms with van der Waals surface area (Å²) in [5.74, 6) is -6.47. The molecule has 9 heteroatoms. The summed E-state index contributed by atoms with van der Waals surface area (Å²) in [5, 5.41) is 0. The van der Waals surface area contributed by atoms with Gasteiger partial charge in [-0.2, -0.15) is 18.2 Å². The van der Waals surface area contributed by atoms with Crippen molar-refractivity contribution in [3.05, 3.63) is 47.4 Å². The van der Waals surface area contributed by atoms with E-state index in [4.69, 9.17) is 14.2 Å². The van der Waals surface area contributed by atoms with Gasteiger partial charge in [-0.15, -0.1) is 0 Å². The van der Waals surface area contributed by atoms with Gasteiger partial charge in [-0.05, 0) is 19.1 Å². The molecule has 0 amide bonds. The second kappa shape index (κ2) is 8.26. The molecule has 0 saturated carbocycles. The van der Waals surface area contributed by atoms with Gasteiger partial charge in [-0.3, -0.25) is 0 Å². The molecule has 6 nitrogen and oxygen atoms in total. The van der Waals surface area contributed by atoms with Crippen molar-refractivity contribution in [3.8, 4) is 11.5 Å². The van der Waals surface area contributed by atoms with E-state index in [9.17, 15) is 18.0 Å². The van der Waals surface area contributed by atoms with Gasteiger partial charge in [0.2, 0.25) is 17.4 Å². The SMILES string of the molecule is CCOC(=O)c1ccccc1Oc1c(F)c(F)nc(N2CCOCC2)c1F. The molecule has 1 aliphatic rings. The smallest absolute Gasteiger partial charge is 0.341 e. The van der Waals surface area contributed by atoms with Gasteiger partial charge in [-0.25, -0.2) is 4.79 Å². The molecule has 144 valence electrons. The molecule has 0 atom stereocenters. The van der Waals surface area contributed by atoms with Gasteiger partial charge in [0.15, 0.2) is 5.82 Å². The molecule has 0 aliphatic carbocycles. The van der Waals surface area contributed by atoms with Crippen LogP contribution in [0.5, 0.6) is 11.5 Å². The molecule has 2 aromatic rings. The molecule has 0 radical (unpaired) electrons. The Morgan fingerprint density at radius 3 is 2.59 bits per heavy atom. The lowest BCUT2D eigenvalue weighted by Gasteiger charge is -2.28. The Kier molecular flexibility index (Phi) is 5.80. The van der Waals surface area contributed by atoms with Gasteiger partial charge >= 0.3 is 5.97 Å². The second-order valence-electron chi connectivity index (χ2n) is 5.60. The third kappa shape index (κ3) is 3.97. The largest absolute Gasteiger partial charge is 0.462 e. The van der Waals surface area contributed by atoms with Gasteiger partial charge in [-0.1, -0.05) is 12.1 Å². The van der Waals surface area contributed by atoms with Crippen molar-refractivity contribution in [3.63, 3.8) is 0 Å². The third-order valence-electron chi connectivity index (χ3n) is 3.89. The summed E-state index contributed by atoms with van der Waals surface area (Å²) in [7, 11) is 0. The number of rotatable bonds is 5. The number of para-hydroxylation sites is 1. The zero-order chi connectivity index (χ0) is 19.4. The Bertz CT molecular complexity index is 842. The van der Waals surface area contributed by atoms with Crippen molar-refractivity contribution >= 4 is 11.8 Å². The number of carbonyl (C=O) groups is 1. The summed E-state index contributed by atoms with van der Waals surface area (Å²) in [5.41, 5.74) is -0.0386. The summed E-state index contributed by atoms with van der Waals surface area (Å²) < 4.78 is 58.4. The first-order valence-electron chi connectivity index (χ1n) is 8.34. The lowest BCUT2D eigenvalue weighted by atomic mass is 10.2. The Hall–Kier alpha value is -2.81. The summed E-state index contributed by atoms with van der Waals surface area (Å²) >= 11 is 0. The first-order chi connectivity index (χ1) is 13.0. The molecule has 2 heterocycles. The van der Waals surface area contributed by atoms with Gasteiger partial charge in [0.1, 0.15) is 11.3 Å². The quantitative estimate of drug-likeness (QED) is 0.584. The number of pyridine rings is 1. The maximum absolute atomic E-state index is 14.9. The molecule has 0 N–H and O–H groups in total. The molecule has 0 spiro atoms. The molecule has 1 saturated heterocycles. The molecular weight excluding hydrogens is 365 g/mol. The highest BCUT2D eigenvalue weighted by molar-refractivity contribution is 5.92. The second-order valence-corrected chi connectivity index (χ2v) is 5.60. The number of esters is 1. The number of hydrogen-bond donors (Lipinski definition) is 0. The first kappa shape index (κ1) is 19.0. The zero-order valence-corrected chi connectivity index (χ0v) is 14.5. The fourth-order valence-electron chi connectivity index (χ4n) is 2.60. The summed E-state index contributed by atoms with van der Waals surface area (Å²) in [6, 6.07) is 5.76. The average molecular weight is 382 g/mol. The molecular formula is C18H17F3N2O4. The van der Waals surface area contributed by atoms with E-state index >= 15 is 0 Å². The Balaban J connectivity index is 2.00. The Morgan fingerprint density at radius 2 is 1.89 bits per heavy atom. The van der Waals surface area contributed by atoms with Crippen LogP contribution in [0.15, 0.2) is 24.3 Å².